The lowest BCUT2D eigenvalue weighted by molar-refractivity contribution is -0.212. The van der Waals surface area contributed by atoms with Gasteiger partial charge in [-0.05, 0) is 18.6 Å². The lowest BCUT2D eigenvalue weighted by Gasteiger charge is -2.26. The summed E-state index contributed by atoms with van der Waals surface area (Å²) in [6.07, 6.45) is 2.17. The van der Waals surface area contributed by atoms with E-state index >= 15 is 0 Å². The summed E-state index contributed by atoms with van der Waals surface area (Å²) in [6, 6.07) is 9.60. The van der Waals surface area contributed by atoms with Gasteiger partial charge in [-0.1, -0.05) is 38.5 Å². The summed E-state index contributed by atoms with van der Waals surface area (Å²) in [5.41, 5.74) is 0. The summed E-state index contributed by atoms with van der Waals surface area (Å²) in [6.45, 7) is 4.81. The monoisotopic (exact) mass is 238 g/mol. The Balaban J connectivity index is 2.23. The van der Waals surface area contributed by atoms with E-state index in [2.05, 4.69) is 0 Å². The van der Waals surface area contributed by atoms with E-state index in [1.165, 1.54) is 0 Å². The molecule has 0 bridgehead atoms. The number of rotatable bonds is 8. The largest absolute Gasteiger partial charge is 0.491 e. The summed E-state index contributed by atoms with van der Waals surface area (Å²) in [7, 11) is 0. The molecule has 1 rings (SSSR count). The van der Waals surface area contributed by atoms with Gasteiger partial charge in [0.15, 0.2) is 5.79 Å². The summed E-state index contributed by atoms with van der Waals surface area (Å²) >= 11 is 0. The highest BCUT2D eigenvalue weighted by Gasteiger charge is 2.23. The van der Waals surface area contributed by atoms with Gasteiger partial charge in [0.1, 0.15) is 12.4 Å². The van der Waals surface area contributed by atoms with Gasteiger partial charge in [0.2, 0.25) is 0 Å². The predicted molar refractivity (Wildman–Crippen MR) is 68.0 cm³/mol. The van der Waals surface area contributed by atoms with Gasteiger partial charge in [-0.15, -0.1) is 0 Å². The number of benzene rings is 1. The molecule has 0 aliphatic heterocycles. The van der Waals surface area contributed by atoms with Crippen molar-refractivity contribution in [2.24, 2.45) is 0 Å². The molecule has 0 aromatic heterocycles. The van der Waals surface area contributed by atoms with Crippen molar-refractivity contribution in [1.29, 1.82) is 0 Å². The van der Waals surface area contributed by atoms with Crippen molar-refractivity contribution >= 4 is 0 Å². The molecule has 0 heterocycles. The van der Waals surface area contributed by atoms with Crippen LogP contribution in [0, 0.1) is 0 Å². The first-order chi connectivity index (χ1) is 8.20. The van der Waals surface area contributed by atoms with Crippen molar-refractivity contribution in [1.82, 2.24) is 0 Å². The highest BCUT2D eigenvalue weighted by Crippen LogP contribution is 2.18. The fourth-order valence-electron chi connectivity index (χ4n) is 1.65. The molecular weight excluding hydrogens is 216 g/mol. The molecule has 1 atom stereocenters. The predicted octanol–water partition coefficient (Wildman–Crippen LogP) is 2.98. The van der Waals surface area contributed by atoms with Gasteiger partial charge >= 0.3 is 0 Å². The third-order valence-electron chi connectivity index (χ3n) is 2.66. The maximum atomic E-state index is 10.0. The van der Waals surface area contributed by atoms with Crippen molar-refractivity contribution in [2.75, 3.05) is 13.2 Å². The van der Waals surface area contributed by atoms with Gasteiger partial charge in [0.25, 0.3) is 0 Å². The van der Waals surface area contributed by atoms with Crippen LogP contribution in [0.4, 0.5) is 0 Å². The molecule has 3 nitrogen and oxygen atoms in total. The molecule has 1 unspecified atom stereocenters. The van der Waals surface area contributed by atoms with Crippen LogP contribution in [0.1, 0.15) is 33.1 Å². The highest BCUT2D eigenvalue weighted by atomic mass is 16.6. The Bertz CT molecular complexity index is 300. The van der Waals surface area contributed by atoms with Crippen LogP contribution in [-0.2, 0) is 4.74 Å². The molecule has 0 saturated carbocycles. The van der Waals surface area contributed by atoms with Crippen LogP contribution in [0.5, 0.6) is 5.75 Å². The molecule has 0 fully saturated rings. The maximum Gasteiger partial charge on any atom is 0.165 e. The molecule has 96 valence electrons. The Kier molecular flexibility index (Phi) is 6.01. The van der Waals surface area contributed by atoms with E-state index in [4.69, 9.17) is 9.47 Å². The third kappa shape index (κ3) is 5.20. The highest BCUT2D eigenvalue weighted by molar-refractivity contribution is 5.20. The van der Waals surface area contributed by atoms with Crippen LogP contribution in [0.3, 0.4) is 0 Å². The van der Waals surface area contributed by atoms with E-state index in [9.17, 15) is 5.11 Å². The van der Waals surface area contributed by atoms with Crippen molar-refractivity contribution in [2.45, 2.75) is 38.9 Å². The van der Waals surface area contributed by atoms with Crippen LogP contribution in [-0.4, -0.2) is 24.1 Å². The van der Waals surface area contributed by atoms with Crippen molar-refractivity contribution in [3.05, 3.63) is 30.3 Å². The zero-order valence-electron chi connectivity index (χ0n) is 10.7. The Morgan fingerprint density at radius 3 is 2.41 bits per heavy atom. The standard InChI is InChI=1S/C14H22O3/c1-3-10-14(15,4-2)17-12-11-16-13-8-6-5-7-9-13/h5-9,15H,3-4,10-12H2,1-2H3. The van der Waals surface area contributed by atoms with Crippen LogP contribution < -0.4 is 4.74 Å². The summed E-state index contributed by atoms with van der Waals surface area (Å²) in [5, 5.41) is 10.0. The molecule has 0 aliphatic carbocycles. The Morgan fingerprint density at radius 2 is 1.82 bits per heavy atom. The molecule has 17 heavy (non-hydrogen) atoms. The Labute approximate surface area is 103 Å². The van der Waals surface area contributed by atoms with E-state index in [1.54, 1.807) is 0 Å². The van der Waals surface area contributed by atoms with E-state index in [0.29, 0.717) is 26.1 Å². The van der Waals surface area contributed by atoms with Crippen LogP contribution >= 0.6 is 0 Å². The smallest absolute Gasteiger partial charge is 0.165 e. The van der Waals surface area contributed by atoms with Crippen LogP contribution in [0.25, 0.3) is 0 Å². The summed E-state index contributed by atoms with van der Waals surface area (Å²) in [4.78, 5) is 0. The van der Waals surface area contributed by atoms with Gasteiger partial charge in [-0.25, -0.2) is 0 Å². The second-order valence-corrected chi connectivity index (χ2v) is 4.06. The van der Waals surface area contributed by atoms with Gasteiger partial charge < -0.3 is 14.6 Å². The summed E-state index contributed by atoms with van der Waals surface area (Å²) in [5.74, 6) is -0.166. The van der Waals surface area contributed by atoms with Crippen molar-refractivity contribution in [3.63, 3.8) is 0 Å². The molecule has 1 aromatic rings. The number of hydrogen-bond donors (Lipinski definition) is 1. The fraction of sp³-hybridized carbons (Fsp3) is 0.571. The first kappa shape index (κ1) is 14.0. The number of aliphatic hydroxyl groups is 1. The van der Waals surface area contributed by atoms with Gasteiger partial charge in [-0.2, -0.15) is 0 Å². The minimum absolute atomic E-state index is 0.402. The van der Waals surface area contributed by atoms with Crippen molar-refractivity contribution < 1.29 is 14.6 Å². The minimum Gasteiger partial charge on any atom is -0.491 e. The molecule has 3 heteroatoms. The minimum atomic E-state index is -0.991. The molecule has 0 radical (unpaired) electrons. The quantitative estimate of drug-likeness (QED) is 0.559. The van der Waals surface area contributed by atoms with E-state index in [-0.39, 0.29) is 0 Å². The zero-order chi connectivity index (χ0) is 12.6. The van der Waals surface area contributed by atoms with E-state index in [0.717, 1.165) is 12.2 Å². The average Bonchev–Trinajstić information content (AvgIpc) is 2.36. The molecule has 0 aliphatic rings. The lowest BCUT2D eigenvalue weighted by Crippen LogP contribution is -2.32. The van der Waals surface area contributed by atoms with Gasteiger partial charge in [-0.3, -0.25) is 0 Å². The zero-order valence-corrected chi connectivity index (χ0v) is 10.7. The first-order valence-corrected chi connectivity index (χ1v) is 6.24. The fourth-order valence-corrected chi connectivity index (χ4v) is 1.65. The van der Waals surface area contributed by atoms with Gasteiger partial charge in [0, 0.05) is 6.42 Å². The number of para-hydroxylation sites is 1. The Hall–Kier alpha value is -1.06. The molecule has 0 spiro atoms. The van der Waals surface area contributed by atoms with E-state index in [1.807, 2.05) is 44.2 Å². The molecule has 1 aromatic carbocycles. The SMILES string of the molecule is CCCC(O)(CC)OCCOc1ccccc1. The Morgan fingerprint density at radius 1 is 1.12 bits per heavy atom. The first-order valence-electron chi connectivity index (χ1n) is 6.24. The van der Waals surface area contributed by atoms with Crippen molar-refractivity contribution in [3.8, 4) is 5.75 Å². The summed E-state index contributed by atoms with van der Waals surface area (Å²) < 4.78 is 11.0. The van der Waals surface area contributed by atoms with E-state index < -0.39 is 5.79 Å². The molecular formula is C14H22O3. The second-order valence-electron chi connectivity index (χ2n) is 4.06. The number of ether oxygens (including phenoxy) is 2. The second kappa shape index (κ2) is 7.30. The van der Waals surface area contributed by atoms with Crippen LogP contribution in [0.2, 0.25) is 0 Å². The molecule has 0 amide bonds. The average molecular weight is 238 g/mol. The topological polar surface area (TPSA) is 38.7 Å². The van der Waals surface area contributed by atoms with Crippen LogP contribution in [0.15, 0.2) is 30.3 Å². The normalized spacial score (nSPS) is 14.3. The lowest BCUT2D eigenvalue weighted by atomic mass is 10.1. The molecule has 1 N–H and O–H groups in total. The molecule has 0 saturated heterocycles. The van der Waals surface area contributed by atoms with Gasteiger partial charge in [0.05, 0.1) is 6.61 Å². The number of hydrogen-bond acceptors (Lipinski definition) is 3. The maximum absolute atomic E-state index is 10.0. The third-order valence-corrected chi connectivity index (χ3v) is 2.66.